The molecule has 0 fully saturated rings. The van der Waals surface area contributed by atoms with Crippen LogP contribution in [-0.2, 0) is 0 Å². The van der Waals surface area contributed by atoms with Crippen LogP contribution in [0.15, 0.2) is 0 Å². The van der Waals surface area contributed by atoms with E-state index in [9.17, 15) is 8.78 Å². The summed E-state index contributed by atoms with van der Waals surface area (Å²) in [7, 11) is 0. The number of rotatable bonds is 2. The van der Waals surface area contributed by atoms with Crippen LogP contribution in [0.1, 0.15) is 6.92 Å². The molecule has 0 spiro atoms. The molecule has 0 amide bonds. The van der Waals surface area contributed by atoms with Crippen LogP contribution in [0.4, 0.5) is 8.78 Å². The lowest BCUT2D eigenvalue weighted by molar-refractivity contribution is 0.00785. The molecule has 0 heterocycles. The third-order valence-corrected chi connectivity index (χ3v) is 0.373. The quantitative estimate of drug-likeness (QED) is 0.335. The maximum absolute atomic E-state index is 11.5. The zero-order valence-electron chi connectivity index (χ0n) is 3.66. The van der Waals surface area contributed by atoms with Crippen molar-refractivity contribution in [3.63, 3.8) is 0 Å². The predicted octanol–water partition coefficient (Wildman–Crippen LogP) is 1.02. The lowest BCUT2D eigenvalue weighted by Crippen LogP contribution is -2.30. The van der Waals surface area contributed by atoms with Gasteiger partial charge in [0.05, 0.1) is 0 Å². The van der Waals surface area contributed by atoms with Crippen molar-refractivity contribution in [1.29, 1.82) is 0 Å². The number of halogens is 2. The summed E-state index contributed by atoms with van der Waals surface area (Å²) in [4.78, 5) is 0. The van der Waals surface area contributed by atoms with E-state index >= 15 is 0 Å². The van der Waals surface area contributed by atoms with Gasteiger partial charge in [0.1, 0.15) is 5.49 Å². The zero-order valence-corrected chi connectivity index (χ0v) is 4.48. The summed E-state index contributed by atoms with van der Waals surface area (Å²) in [6, 6.07) is -2.91. The minimum atomic E-state index is -2.91. The van der Waals surface area contributed by atoms with Gasteiger partial charge in [0.15, 0.2) is 0 Å². The Labute approximate surface area is 45.7 Å². The first-order valence-corrected chi connectivity index (χ1v) is 1.99. The van der Waals surface area contributed by atoms with E-state index in [1.165, 1.54) is 5.32 Å². The predicted molar refractivity (Wildman–Crippen MR) is 26.4 cm³/mol. The van der Waals surface area contributed by atoms with E-state index in [1.807, 2.05) is 0 Å². The molecule has 0 rings (SSSR count). The third kappa shape index (κ3) is 5.75. The molecule has 4 heteroatoms. The van der Waals surface area contributed by atoms with Crippen LogP contribution >= 0.6 is 12.2 Å². The van der Waals surface area contributed by atoms with Gasteiger partial charge in [-0.1, -0.05) is 12.2 Å². The molecule has 0 saturated heterocycles. The summed E-state index contributed by atoms with van der Waals surface area (Å²) in [5.41, 5.74) is 1.69. The Bertz CT molecular complexity index is 67.8. The van der Waals surface area contributed by atoms with E-state index in [-0.39, 0.29) is 0 Å². The Hall–Kier alpha value is -0.250. The van der Waals surface area contributed by atoms with Crippen molar-refractivity contribution < 1.29 is 8.78 Å². The molecule has 0 bridgehead atoms. The van der Waals surface area contributed by atoms with E-state index in [1.54, 1.807) is 5.49 Å². The third-order valence-electron chi connectivity index (χ3n) is 0.271. The van der Waals surface area contributed by atoms with Crippen LogP contribution in [0.25, 0.3) is 0 Å². The fourth-order valence-corrected chi connectivity index (χ4v) is 0.269. The van der Waals surface area contributed by atoms with Crippen LogP contribution in [0.2, 0.25) is 0 Å². The SMILES string of the molecule is CC(F)(F)N[C]=S. The first kappa shape index (κ1) is 6.75. The largest absolute Gasteiger partial charge is 0.321 e. The van der Waals surface area contributed by atoms with E-state index in [0.29, 0.717) is 6.92 Å². The summed E-state index contributed by atoms with van der Waals surface area (Å²) in [6.45, 7) is 0.701. The Balaban J connectivity index is 3.34. The molecule has 0 aromatic heterocycles. The van der Waals surface area contributed by atoms with Gasteiger partial charge in [-0.3, -0.25) is 0 Å². The van der Waals surface area contributed by atoms with Crippen LogP contribution in [0.3, 0.4) is 0 Å². The average Bonchev–Trinajstić information content (AvgIpc) is 1.30. The topological polar surface area (TPSA) is 12.0 Å². The zero-order chi connectivity index (χ0) is 5.91. The Morgan fingerprint density at radius 2 is 2.14 bits per heavy atom. The molecule has 0 atom stereocenters. The minimum Gasteiger partial charge on any atom is -0.316 e. The summed E-state index contributed by atoms with van der Waals surface area (Å²) in [5.74, 6) is 0. The highest BCUT2D eigenvalue weighted by Gasteiger charge is 2.16. The second-order valence-corrected chi connectivity index (χ2v) is 1.32. The fourth-order valence-electron chi connectivity index (χ4n) is 0.0896. The van der Waals surface area contributed by atoms with Gasteiger partial charge < -0.3 is 5.32 Å². The van der Waals surface area contributed by atoms with Crippen LogP contribution < -0.4 is 5.32 Å². The number of hydrogen-bond acceptors (Lipinski definition) is 1. The van der Waals surface area contributed by atoms with E-state index in [4.69, 9.17) is 0 Å². The molecule has 0 aromatic rings. The van der Waals surface area contributed by atoms with Crippen molar-refractivity contribution in [2.75, 3.05) is 0 Å². The fraction of sp³-hybridized carbons (Fsp3) is 0.667. The maximum Gasteiger partial charge on any atom is 0.321 e. The molecule has 1 N–H and O–H groups in total. The maximum atomic E-state index is 11.5. The lowest BCUT2D eigenvalue weighted by Gasteiger charge is -2.05. The summed E-state index contributed by atoms with van der Waals surface area (Å²) < 4.78 is 23.0. The van der Waals surface area contributed by atoms with E-state index in [2.05, 4.69) is 12.2 Å². The normalized spacial score (nSPS) is 10.7. The molecule has 0 unspecified atom stereocenters. The van der Waals surface area contributed by atoms with Crippen molar-refractivity contribution >= 4 is 17.7 Å². The molecule has 0 aliphatic rings. The molecule has 0 saturated carbocycles. The highest BCUT2D eigenvalue weighted by atomic mass is 32.1. The van der Waals surface area contributed by atoms with Crippen molar-refractivity contribution in [2.24, 2.45) is 0 Å². The Morgan fingerprint density at radius 3 is 2.14 bits per heavy atom. The van der Waals surface area contributed by atoms with Gasteiger partial charge in [-0.05, 0) is 0 Å². The molecule has 1 nitrogen and oxygen atoms in total. The highest BCUT2D eigenvalue weighted by Crippen LogP contribution is 2.03. The standard InChI is InChI=1S/C3H4F2NS/c1-3(4,5)6-2-7/h1H3,(H,6,7). The van der Waals surface area contributed by atoms with E-state index in [0.717, 1.165) is 0 Å². The molecule has 0 aliphatic heterocycles. The van der Waals surface area contributed by atoms with Gasteiger partial charge in [-0.2, -0.15) is 8.78 Å². The molecular formula is C3H4F2NS. The lowest BCUT2D eigenvalue weighted by atomic mass is 10.7. The highest BCUT2D eigenvalue weighted by molar-refractivity contribution is 7.78. The second kappa shape index (κ2) is 2.16. The van der Waals surface area contributed by atoms with Gasteiger partial charge >= 0.3 is 6.05 Å². The van der Waals surface area contributed by atoms with Crippen molar-refractivity contribution in [2.45, 2.75) is 13.0 Å². The minimum absolute atomic E-state index is 0.701. The molecule has 7 heavy (non-hydrogen) atoms. The number of hydrogen-bond donors (Lipinski definition) is 1. The van der Waals surface area contributed by atoms with Gasteiger partial charge in [0, 0.05) is 6.92 Å². The van der Waals surface area contributed by atoms with Gasteiger partial charge in [-0.25, -0.2) is 0 Å². The van der Waals surface area contributed by atoms with Crippen molar-refractivity contribution in [1.82, 2.24) is 5.32 Å². The molecule has 0 aromatic carbocycles. The Kier molecular flexibility index (Phi) is 2.08. The molecule has 1 radical (unpaired) electrons. The first-order chi connectivity index (χ1) is 3.06. The summed E-state index contributed by atoms with van der Waals surface area (Å²) in [5, 5.41) is 1.52. The first-order valence-electron chi connectivity index (χ1n) is 1.58. The van der Waals surface area contributed by atoms with E-state index < -0.39 is 6.05 Å². The number of nitrogens with one attached hydrogen (secondary N) is 1. The monoisotopic (exact) mass is 124 g/mol. The Morgan fingerprint density at radius 1 is 1.71 bits per heavy atom. The average molecular weight is 124 g/mol. The summed E-state index contributed by atoms with van der Waals surface area (Å²) in [6.07, 6.45) is 0. The summed E-state index contributed by atoms with van der Waals surface area (Å²) >= 11 is 3.96. The van der Waals surface area contributed by atoms with Gasteiger partial charge in [0.2, 0.25) is 0 Å². The van der Waals surface area contributed by atoms with Crippen LogP contribution in [0, 0.1) is 0 Å². The van der Waals surface area contributed by atoms with Gasteiger partial charge in [-0.15, -0.1) is 0 Å². The molecular weight excluding hydrogens is 120 g/mol. The number of alkyl halides is 2. The smallest absolute Gasteiger partial charge is 0.316 e. The second-order valence-electron chi connectivity index (χ2n) is 1.12. The van der Waals surface area contributed by atoms with Crippen LogP contribution in [0.5, 0.6) is 0 Å². The van der Waals surface area contributed by atoms with Crippen molar-refractivity contribution in [3.05, 3.63) is 0 Å². The van der Waals surface area contributed by atoms with Gasteiger partial charge in [0.25, 0.3) is 0 Å². The molecule has 41 valence electrons. The number of thiocarbonyl (C=S) groups is 1. The van der Waals surface area contributed by atoms with Crippen molar-refractivity contribution in [3.8, 4) is 0 Å². The van der Waals surface area contributed by atoms with Crippen LogP contribution in [-0.4, -0.2) is 11.5 Å². The molecule has 0 aliphatic carbocycles.